The average Bonchev–Trinajstić information content (AvgIpc) is 2.45. The lowest BCUT2D eigenvalue weighted by Gasteiger charge is -2.37. The number of anilines is 1. The van der Waals surface area contributed by atoms with Gasteiger partial charge in [-0.05, 0) is 38.6 Å². The monoisotopic (exact) mass is 309 g/mol. The molecular weight excluding hydrogens is 282 g/mol. The summed E-state index contributed by atoms with van der Waals surface area (Å²) in [5.41, 5.74) is 2.53. The van der Waals surface area contributed by atoms with Crippen molar-refractivity contribution in [1.82, 2.24) is 10.2 Å². The minimum absolute atomic E-state index is 0.483. The van der Waals surface area contributed by atoms with Gasteiger partial charge in [-0.25, -0.2) is 0 Å². The van der Waals surface area contributed by atoms with Gasteiger partial charge in [-0.15, -0.1) is 0 Å². The highest BCUT2D eigenvalue weighted by atomic mass is 35.5. The van der Waals surface area contributed by atoms with Gasteiger partial charge in [0.05, 0.1) is 10.7 Å². The highest BCUT2D eigenvalue weighted by molar-refractivity contribution is 6.33. The lowest BCUT2D eigenvalue weighted by atomic mass is 10.0. The molecule has 1 aromatic rings. The molecule has 1 aromatic carbocycles. The fourth-order valence-electron chi connectivity index (χ4n) is 2.98. The van der Waals surface area contributed by atoms with Crippen LogP contribution in [0.5, 0.6) is 0 Å². The van der Waals surface area contributed by atoms with Crippen LogP contribution in [0, 0.1) is 0 Å². The van der Waals surface area contributed by atoms with Crippen molar-refractivity contribution in [3.63, 3.8) is 0 Å². The molecule has 2 rings (SSSR count). The normalized spacial score (nSPS) is 17.0. The van der Waals surface area contributed by atoms with Crippen molar-refractivity contribution in [1.29, 1.82) is 0 Å². The van der Waals surface area contributed by atoms with Gasteiger partial charge in [0.15, 0.2) is 0 Å². The molecule has 4 heteroatoms. The standard InChI is InChI=1S/C17H28ClN3/c1-13(2)19-12-14-6-5-7-16(18)17(14)21-10-8-15(9-11-21)20(3)4/h5-7,13,15,19H,8-12H2,1-4H3. The number of halogens is 1. The minimum Gasteiger partial charge on any atom is -0.370 e. The van der Waals surface area contributed by atoms with Crippen molar-refractivity contribution in [3.8, 4) is 0 Å². The maximum Gasteiger partial charge on any atom is 0.0642 e. The van der Waals surface area contributed by atoms with Gasteiger partial charge in [-0.3, -0.25) is 0 Å². The van der Waals surface area contributed by atoms with E-state index in [4.69, 9.17) is 11.6 Å². The van der Waals surface area contributed by atoms with Gasteiger partial charge < -0.3 is 15.1 Å². The highest BCUT2D eigenvalue weighted by Gasteiger charge is 2.23. The Morgan fingerprint density at radius 2 is 1.95 bits per heavy atom. The van der Waals surface area contributed by atoms with E-state index in [-0.39, 0.29) is 0 Å². The summed E-state index contributed by atoms with van der Waals surface area (Å²) in [4.78, 5) is 4.80. The second-order valence-corrected chi connectivity index (χ2v) is 6.87. The zero-order chi connectivity index (χ0) is 15.4. The Kier molecular flexibility index (Phi) is 5.91. The predicted octanol–water partition coefficient (Wildman–Crippen LogP) is 3.37. The second-order valence-electron chi connectivity index (χ2n) is 6.47. The topological polar surface area (TPSA) is 18.5 Å². The van der Waals surface area contributed by atoms with Crippen LogP contribution in [0.15, 0.2) is 18.2 Å². The van der Waals surface area contributed by atoms with Crippen LogP contribution < -0.4 is 10.2 Å². The summed E-state index contributed by atoms with van der Waals surface area (Å²) in [6, 6.07) is 7.43. The maximum absolute atomic E-state index is 6.50. The lowest BCUT2D eigenvalue weighted by molar-refractivity contribution is 0.249. The molecule has 0 aliphatic carbocycles. The first kappa shape index (κ1) is 16.6. The van der Waals surface area contributed by atoms with Crippen molar-refractivity contribution >= 4 is 17.3 Å². The summed E-state index contributed by atoms with van der Waals surface area (Å²) in [7, 11) is 4.35. The van der Waals surface area contributed by atoms with Gasteiger partial charge in [-0.1, -0.05) is 37.6 Å². The Hall–Kier alpha value is -0.770. The number of rotatable bonds is 5. The van der Waals surface area contributed by atoms with E-state index in [0.717, 1.165) is 24.7 Å². The van der Waals surface area contributed by atoms with Gasteiger partial charge >= 0.3 is 0 Å². The number of nitrogens with one attached hydrogen (secondary N) is 1. The molecule has 0 atom stereocenters. The Labute approximate surface area is 134 Å². The molecule has 0 bridgehead atoms. The van der Waals surface area contributed by atoms with Gasteiger partial charge in [0.2, 0.25) is 0 Å². The number of benzene rings is 1. The zero-order valence-corrected chi connectivity index (χ0v) is 14.5. The van der Waals surface area contributed by atoms with Gasteiger partial charge in [0.25, 0.3) is 0 Å². The van der Waals surface area contributed by atoms with Crippen molar-refractivity contribution in [2.75, 3.05) is 32.1 Å². The smallest absolute Gasteiger partial charge is 0.0642 e. The molecule has 118 valence electrons. The van der Waals surface area contributed by atoms with Crippen LogP contribution >= 0.6 is 11.6 Å². The third kappa shape index (κ3) is 4.35. The quantitative estimate of drug-likeness (QED) is 0.899. The SMILES string of the molecule is CC(C)NCc1cccc(Cl)c1N1CCC(N(C)C)CC1. The summed E-state index contributed by atoms with van der Waals surface area (Å²) in [5, 5.41) is 4.38. The summed E-state index contributed by atoms with van der Waals surface area (Å²) >= 11 is 6.50. The lowest BCUT2D eigenvalue weighted by Crippen LogP contribution is -2.42. The first-order valence-corrected chi connectivity index (χ1v) is 8.29. The molecule has 0 radical (unpaired) electrons. The van der Waals surface area contributed by atoms with Gasteiger partial charge in [0, 0.05) is 31.7 Å². The third-order valence-electron chi connectivity index (χ3n) is 4.28. The number of nitrogens with zero attached hydrogens (tertiary/aromatic N) is 2. The Morgan fingerprint density at radius 3 is 2.52 bits per heavy atom. The number of hydrogen-bond donors (Lipinski definition) is 1. The van der Waals surface area contributed by atoms with Crippen molar-refractivity contribution in [3.05, 3.63) is 28.8 Å². The van der Waals surface area contributed by atoms with Gasteiger partial charge in [-0.2, -0.15) is 0 Å². The first-order valence-electron chi connectivity index (χ1n) is 7.91. The third-order valence-corrected chi connectivity index (χ3v) is 4.59. The zero-order valence-electron chi connectivity index (χ0n) is 13.7. The molecule has 0 amide bonds. The van der Waals surface area contributed by atoms with E-state index in [2.05, 4.69) is 55.2 Å². The Morgan fingerprint density at radius 1 is 1.29 bits per heavy atom. The van der Waals surface area contributed by atoms with Crippen molar-refractivity contribution < 1.29 is 0 Å². The molecule has 0 spiro atoms. The molecule has 1 saturated heterocycles. The van der Waals surface area contributed by atoms with Crippen molar-refractivity contribution in [2.24, 2.45) is 0 Å². The van der Waals surface area contributed by atoms with Crippen LogP contribution in [0.3, 0.4) is 0 Å². The minimum atomic E-state index is 0.483. The molecule has 21 heavy (non-hydrogen) atoms. The van der Waals surface area contributed by atoms with E-state index in [1.54, 1.807) is 0 Å². The molecule has 1 aliphatic rings. The summed E-state index contributed by atoms with van der Waals surface area (Å²) in [6.45, 7) is 7.39. The van der Waals surface area contributed by atoms with E-state index in [1.165, 1.54) is 24.1 Å². The van der Waals surface area contributed by atoms with E-state index < -0.39 is 0 Å². The molecule has 0 unspecified atom stereocenters. The number of piperidine rings is 1. The van der Waals surface area contributed by atoms with Crippen LogP contribution in [0.25, 0.3) is 0 Å². The molecule has 0 aromatic heterocycles. The van der Waals surface area contributed by atoms with Crippen LogP contribution in [-0.4, -0.2) is 44.2 Å². The largest absolute Gasteiger partial charge is 0.370 e. The van der Waals surface area contributed by atoms with Crippen LogP contribution in [0.1, 0.15) is 32.3 Å². The highest BCUT2D eigenvalue weighted by Crippen LogP contribution is 2.32. The predicted molar refractivity (Wildman–Crippen MR) is 92.3 cm³/mol. The van der Waals surface area contributed by atoms with Crippen LogP contribution in [0.2, 0.25) is 5.02 Å². The molecule has 0 saturated carbocycles. The average molecular weight is 310 g/mol. The van der Waals surface area contributed by atoms with Crippen molar-refractivity contribution in [2.45, 2.75) is 45.3 Å². The Balaban J connectivity index is 2.12. The summed E-state index contributed by atoms with van der Waals surface area (Å²) < 4.78 is 0. The number of para-hydroxylation sites is 1. The summed E-state index contributed by atoms with van der Waals surface area (Å²) in [6.07, 6.45) is 2.41. The van der Waals surface area contributed by atoms with E-state index in [9.17, 15) is 0 Å². The molecule has 1 fully saturated rings. The van der Waals surface area contributed by atoms with Crippen LogP contribution in [0.4, 0.5) is 5.69 Å². The van der Waals surface area contributed by atoms with Gasteiger partial charge in [0.1, 0.15) is 0 Å². The van der Waals surface area contributed by atoms with E-state index in [1.807, 2.05) is 6.07 Å². The van der Waals surface area contributed by atoms with Crippen LogP contribution in [-0.2, 0) is 6.54 Å². The van der Waals surface area contributed by atoms with E-state index in [0.29, 0.717) is 12.1 Å². The molecule has 1 N–H and O–H groups in total. The number of hydrogen-bond acceptors (Lipinski definition) is 3. The van der Waals surface area contributed by atoms with E-state index >= 15 is 0 Å². The fourth-order valence-corrected chi connectivity index (χ4v) is 3.29. The maximum atomic E-state index is 6.50. The summed E-state index contributed by atoms with van der Waals surface area (Å²) in [5.74, 6) is 0. The second kappa shape index (κ2) is 7.48. The Bertz CT molecular complexity index is 451. The molecular formula is C17H28ClN3. The fraction of sp³-hybridized carbons (Fsp3) is 0.647. The molecule has 3 nitrogen and oxygen atoms in total. The first-order chi connectivity index (χ1) is 9.99. The molecule has 1 heterocycles. The molecule has 1 aliphatic heterocycles.